The summed E-state index contributed by atoms with van der Waals surface area (Å²) < 4.78 is 0. The van der Waals surface area contributed by atoms with Crippen LogP contribution in [0.15, 0.2) is 42.5 Å². The van der Waals surface area contributed by atoms with Gasteiger partial charge in [0.1, 0.15) is 6.04 Å². The normalized spacial score (nSPS) is 18.0. The van der Waals surface area contributed by atoms with Gasteiger partial charge < -0.3 is 25.3 Å². The molecule has 3 heterocycles. The Labute approximate surface area is 288 Å². The number of piperidine rings is 2. The van der Waals surface area contributed by atoms with Gasteiger partial charge in [0.15, 0.2) is 0 Å². The van der Waals surface area contributed by atoms with Crippen LogP contribution in [-0.2, 0) is 16.1 Å². The number of nitrogens with one attached hydrogen (secondary N) is 2. The van der Waals surface area contributed by atoms with Crippen molar-refractivity contribution in [1.82, 2.24) is 20.0 Å². The lowest BCUT2D eigenvalue weighted by Gasteiger charge is -2.41. The number of benzene rings is 2. The van der Waals surface area contributed by atoms with Crippen LogP contribution in [0.4, 0.5) is 10.5 Å². The van der Waals surface area contributed by atoms with Crippen molar-refractivity contribution in [2.24, 2.45) is 5.92 Å². The SMILES string of the molecule is CCCCCCCC1CCN(C(=O)C(CC(=O)N2CCC(N3Cc4ccccc4NC3=O)CC2)NC(=O)c2cccc(Cl)c2Cl)CC1. The van der Waals surface area contributed by atoms with E-state index in [0.717, 1.165) is 24.1 Å². The summed E-state index contributed by atoms with van der Waals surface area (Å²) in [4.78, 5) is 59.2. The predicted octanol–water partition coefficient (Wildman–Crippen LogP) is 7.12. The Balaban J connectivity index is 1.19. The second-order valence-corrected chi connectivity index (χ2v) is 13.9. The van der Waals surface area contributed by atoms with Gasteiger partial charge in [0.2, 0.25) is 11.8 Å². The third-order valence-electron chi connectivity index (χ3n) is 9.94. The van der Waals surface area contributed by atoms with Gasteiger partial charge in [-0.15, -0.1) is 0 Å². The van der Waals surface area contributed by atoms with Gasteiger partial charge in [-0.05, 0) is 55.4 Å². The molecule has 0 aliphatic carbocycles. The average molecular weight is 685 g/mol. The molecule has 1 atom stereocenters. The number of para-hydroxylation sites is 1. The van der Waals surface area contributed by atoms with Crippen LogP contribution in [0.25, 0.3) is 0 Å². The second-order valence-electron chi connectivity index (χ2n) is 13.1. The van der Waals surface area contributed by atoms with Gasteiger partial charge in [-0.25, -0.2) is 4.79 Å². The van der Waals surface area contributed by atoms with Crippen LogP contribution in [0.1, 0.15) is 93.5 Å². The monoisotopic (exact) mass is 683 g/mol. The molecule has 9 nitrogen and oxygen atoms in total. The first-order valence-corrected chi connectivity index (χ1v) is 18.0. The highest BCUT2D eigenvalue weighted by molar-refractivity contribution is 6.43. The van der Waals surface area contributed by atoms with Crippen molar-refractivity contribution in [2.75, 3.05) is 31.5 Å². The predicted molar refractivity (Wildman–Crippen MR) is 186 cm³/mol. The Morgan fingerprint density at radius 3 is 2.34 bits per heavy atom. The lowest BCUT2D eigenvalue weighted by molar-refractivity contribution is -0.140. The van der Waals surface area contributed by atoms with Crippen LogP contribution in [0.3, 0.4) is 0 Å². The minimum Gasteiger partial charge on any atom is -0.342 e. The first kappa shape index (κ1) is 35.0. The number of hydrogen-bond donors (Lipinski definition) is 2. The zero-order chi connectivity index (χ0) is 33.3. The van der Waals surface area contributed by atoms with Crippen LogP contribution < -0.4 is 10.6 Å². The Hall–Kier alpha value is -3.30. The molecule has 0 aromatic heterocycles. The zero-order valence-electron chi connectivity index (χ0n) is 27.3. The minimum atomic E-state index is -1.03. The third kappa shape index (κ3) is 8.99. The fraction of sp³-hybridized carbons (Fsp3) is 0.556. The van der Waals surface area contributed by atoms with Gasteiger partial charge in [-0.2, -0.15) is 0 Å². The molecule has 1 unspecified atom stereocenters. The van der Waals surface area contributed by atoms with Crippen molar-refractivity contribution in [2.45, 2.75) is 96.2 Å². The summed E-state index contributed by atoms with van der Waals surface area (Å²) >= 11 is 12.5. The number of anilines is 1. The van der Waals surface area contributed by atoms with Crippen LogP contribution >= 0.6 is 23.2 Å². The van der Waals surface area contributed by atoms with Crippen molar-refractivity contribution in [3.05, 3.63) is 63.6 Å². The molecule has 2 fully saturated rings. The zero-order valence-corrected chi connectivity index (χ0v) is 28.8. The Kier molecular flexibility index (Phi) is 12.4. The minimum absolute atomic E-state index is 0.00227. The number of halogens is 2. The molecule has 5 amide bonds. The second kappa shape index (κ2) is 16.7. The summed E-state index contributed by atoms with van der Waals surface area (Å²) in [6, 6.07) is 11.4. The lowest BCUT2D eigenvalue weighted by atomic mass is 9.90. The molecule has 11 heteroatoms. The van der Waals surface area contributed by atoms with Crippen molar-refractivity contribution >= 4 is 52.6 Å². The number of amides is 5. The molecule has 0 bridgehead atoms. The van der Waals surface area contributed by atoms with Crippen LogP contribution in [0.2, 0.25) is 10.0 Å². The molecule has 2 saturated heterocycles. The molecule has 5 rings (SSSR count). The highest BCUT2D eigenvalue weighted by Crippen LogP contribution is 2.29. The quantitative estimate of drug-likeness (QED) is 0.233. The summed E-state index contributed by atoms with van der Waals surface area (Å²) in [6.45, 7) is 4.91. The van der Waals surface area contributed by atoms with E-state index in [2.05, 4.69) is 17.6 Å². The number of hydrogen-bond acceptors (Lipinski definition) is 4. The molecule has 3 aliphatic heterocycles. The van der Waals surface area contributed by atoms with E-state index in [4.69, 9.17) is 23.2 Å². The van der Waals surface area contributed by atoms with Gasteiger partial charge >= 0.3 is 6.03 Å². The summed E-state index contributed by atoms with van der Waals surface area (Å²) in [6.07, 6.45) is 10.4. The fourth-order valence-electron chi connectivity index (χ4n) is 7.06. The average Bonchev–Trinajstić information content (AvgIpc) is 3.08. The highest BCUT2D eigenvalue weighted by atomic mass is 35.5. The Bertz CT molecular complexity index is 1420. The first-order valence-electron chi connectivity index (χ1n) is 17.2. The summed E-state index contributed by atoms with van der Waals surface area (Å²) in [5.74, 6) is -0.391. The molecule has 254 valence electrons. The first-order chi connectivity index (χ1) is 22.7. The molecular weight excluding hydrogens is 637 g/mol. The number of carbonyl (C=O) groups is 4. The summed E-state index contributed by atoms with van der Waals surface area (Å²) in [5.41, 5.74) is 2.07. The van der Waals surface area contributed by atoms with E-state index in [9.17, 15) is 19.2 Å². The van der Waals surface area contributed by atoms with E-state index in [1.54, 1.807) is 28.0 Å². The van der Waals surface area contributed by atoms with Crippen LogP contribution in [0.5, 0.6) is 0 Å². The number of likely N-dealkylation sites (tertiary alicyclic amines) is 2. The van der Waals surface area contributed by atoms with Gasteiger partial charge in [-0.3, -0.25) is 14.4 Å². The Morgan fingerprint density at radius 1 is 0.894 bits per heavy atom. The van der Waals surface area contributed by atoms with Crippen molar-refractivity contribution in [3.63, 3.8) is 0 Å². The number of rotatable bonds is 12. The van der Waals surface area contributed by atoms with Crippen molar-refractivity contribution in [1.29, 1.82) is 0 Å². The third-order valence-corrected chi connectivity index (χ3v) is 10.8. The highest BCUT2D eigenvalue weighted by Gasteiger charge is 2.36. The van der Waals surface area contributed by atoms with E-state index in [1.807, 2.05) is 29.2 Å². The number of urea groups is 1. The molecule has 0 saturated carbocycles. The topological polar surface area (TPSA) is 102 Å². The van der Waals surface area contributed by atoms with Crippen LogP contribution in [0, 0.1) is 5.92 Å². The van der Waals surface area contributed by atoms with E-state index >= 15 is 0 Å². The number of carbonyl (C=O) groups excluding carboxylic acids is 4. The van der Waals surface area contributed by atoms with E-state index in [0.29, 0.717) is 51.5 Å². The smallest absolute Gasteiger partial charge is 0.322 e. The maximum Gasteiger partial charge on any atom is 0.322 e. The van der Waals surface area contributed by atoms with Gasteiger partial charge in [-0.1, -0.05) is 92.9 Å². The molecule has 0 radical (unpaired) electrons. The van der Waals surface area contributed by atoms with E-state index in [-0.39, 0.29) is 45.9 Å². The molecule has 2 aromatic carbocycles. The van der Waals surface area contributed by atoms with E-state index < -0.39 is 11.9 Å². The number of unbranched alkanes of at least 4 members (excludes halogenated alkanes) is 4. The molecule has 0 spiro atoms. The fourth-order valence-corrected chi connectivity index (χ4v) is 7.45. The molecule has 3 aliphatic rings. The molecule has 2 N–H and O–H groups in total. The van der Waals surface area contributed by atoms with Crippen molar-refractivity contribution in [3.8, 4) is 0 Å². The maximum atomic E-state index is 13.9. The van der Waals surface area contributed by atoms with Gasteiger partial charge in [0.25, 0.3) is 5.91 Å². The number of nitrogens with zero attached hydrogens (tertiary/aromatic N) is 3. The standard InChI is InChI=1S/C36H47Cl2N5O4/c1-2-3-4-5-6-10-25-15-19-42(20-16-25)35(46)31(39-34(45)28-12-9-13-29(37)33(28)38)23-32(44)41-21-17-27(18-22-41)43-24-26-11-7-8-14-30(26)40-36(43)47/h7-9,11-14,25,27,31H,2-6,10,15-24H2,1H3,(H,39,45)(H,40,47). The van der Waals surface area contributed by atoms with Crippen LogP contribution in [-0.4, -0.2) is 76.7 Å². The van der Waals surface area contributed by atoms with Gasteiger partial charge in [0, 0.05) is 44.5 Å². The number of fused-ring (bicyclic) bond motifs is 1. The largest absolute Gasteiger partial charge is 0.342 e. The lowest BCUT2D eigenvalue weighted by Crippen LogP contribution is -2.54. The Morgan fingerprint density at radius 2 is 1.60 bits per heavy atom. The molecular formula is C36H47Cl2N5O4. The summed E-state index contributed by atoms with van der Waals surface area (Å²) in [7, 11) is 0. The molecule has 47 heavy (non-hydrogen) atoms. The van der Waals surface area contributed by atoms with Gasteiger partial charge in [0.05, 0.1) is 22.0 Å². The van der Waals surface area contributed by atoms with Crippen molar-refractivity contribution < 1.29 is 19.2 Å². The molecule has 2 aromatic rings. The maximum absolute atomic E-state index is 13.9. The van der Waals surface area contributed by atoms with E-state index in [1.165, 1.54) is 38.5 Å². The summed E-state index contributed by atoms with van der Waals surface area (Å²) in [5, 5.41) is 6.15.